The van der Waals surface area contributed by atoms with Crippen LogP contribution in [0.25, 0.3) is 22.2 Å². The van der Waals surface area contributed by atoms with Gasteiger partial charge in [0.05, 0.1) is 0 Å². The molecular formula is C15H13N. The number of rotatable bonds is 0. The van der Waals surface area contributed by atoms with E-state index in [2.05, 4.69) is 54.5 Å². The molecule has 1 aliphatic heterocycles. The molecule has 1 aliphatic rings. The lowest BCUT2D eigenvalue weighted by atomic mass is 9.92. The van der Waals surface area contributed by atoms with Gasteiger partial charge in [-0.15, -0.1) is 0 Å². The van der Waals surface area contributed by atoms with Gasteiger partial charge >= 0.3 is 0 Å². The molecule has 0 atom stereocenters. The fourth-order valence-electron chi connectivity index (χ4n) is 2.35. The molecular weight excluding hydrogens is 194 g/mol. The van der Waals surface area contributed by atoms with E-state index in [9.17, 15) is 0 Å². The van der Waals surface area contributed by atoms with Crippen LogP contribution < -0.4 is 0 Å². The molecule has 0 unspecified atom stereocenters. The molecule has 0 spiro atoms. The van der Waals surface area contributed by atoms with Crippen LogP contribution in [0.5, 0.6) is 0 Å². The highest BCUT2D eigenvalue weighted by Crippen LogP contribution is 2.39. The minimum Gasteiger partial charge on any atom is -0.345 e. The topological polar surface area (TPSA) is 3.24 Å². The summed E-state index contributed by atoms with van der Waals surface area (Å²) in [5, 5.41) is 2.53. The van der Waals surface area contributed by atoms with E-state index in [1.807, 2.05) is 7.05 Å². The van der Waals surface area contributed by atoms with Gasteiger partial charge in [0.1, 0.15) is 0 Å². The monoisotopic (exact) mass is 207 g/mol. The first kappa shape index (κ1) is 9.22. The number of hydrogen-bond acceptors (Lipinski definition) is 1. The summed E-state index contributed by atoms with van der Waals surface area (Å²) in [5.41, 5.74) is 4.47. The molecule has 2 aromatic carbocycles. The van der Waals surface area contributed by atoms with Crippen LogP contribution >= 0.6 is 0 Å². The molecule has 0 saturated heterocycles. The molecule has 1 heteroatoms. The van der Waals surface area contributed by atoms with Crippen molar-refractivity contribution >= 4 is 22.2 Å². The van der Waals surface area contributed by atoms with Crippen LogP contribution in [0.3, 0.4) is 0 Å². The largest absolute Gasteiger partial charge is 0.345 e. The highest BCUT2D eigenvalue weighted by Gasteiger charge is 2.21. The summed E-state index contributed by atoms with van der Waals surface area (Å²) < 4.78 is 0. The van der Waals surface area contributed by atoms with Crippen molar-refractivity contribution in [2.45, 2.75) is 0 Å². The number of nitrogens with zero attached hydrogens (tertiary/aromatic N) is 1. The summed E-state index contributed by atoms with van der Waals surface area (Å²) in [4.78, 5) is 2.05. The fourth-order valence-corrected chi connectivity index (χ4v) is 2.35. The van der Waals surface area contributed by atoms with Gasteiger partial charge in [0.15, 0.2) is 0 Å². The Morgan fingerprint density at radius 3 is 1.88 bits per heavy atom. The maximum atomic E-state index is 4.13. The molecule has 3 rings (SSSR count). The van der Waals surface area contributed by atoms with Gasteiger partial charge in [-0.05, 0) is 5.39 Å². The van der Waals surface area contributed by atoms with Crippen LogP contribution in [0.4, 0.5) is 0 Å². The average Bonchev–Trinajstić information content (AvgIpc) is 2.33. The van der Waals surface area contributed by atoms with Crippen LogP contribution in [-0.2, 0) is 0 Å². The fraction of sp³-hybridized carbons (Fsp3) is 0.0667. The Bertz CT molecular complexity index is 572. The second-order valence-corrected chi connectivity index (χ2v) is 4.16. The highest BCUT2D eigenvalue weighted by molar-refractivity contribution is 6.04. The van der Waals surface area contributed by atoms with Gasteiger partial charge in [-0.3, -0.25) is 0 Å². The second kappa shape index (κ2) is 2.99. The van der Waals surface area contributed by atoms with E-state index in [-0.39, 0.29) is 0 Å². The first-order chi connectivity index (χ1) is 7.70. The zero-order chi connectivity index (χ0) is 11.3. The SMILES string of the molecule is C=C1c2cccc3cccc(c23)C(=C)N1C. The highest BCUT2D eigenvalue weighted by atomic mass is 15.1. The molecule has 0 aliphatic carbocycles. The van der Waals surface area contributed by atoms with Crippen molar-refractivity contribution in [3.8, 4) is 0 Å². The van der Waals surface area contributed by atoms with Crippen molar-refractivity contribution in [3.05, 3.63) is 60.7 Å². The molecule has 0 aromatic heterocycles. The first-order valence-corrected chi connectivity index (χ1v) is 5.34. The van der Waals surface area contributed by atoms with Crippen molar-refractivity contribution in [2.24, 2.45) is 0 Å². The summed E-state index contributed by atoms with van der Waals surface area (Å²) in [6.45, 7) is 8.27. The van der Waals surface area contributed by atoms with E-state index in [0.29, 0.717) is 0 Å². The van der Waals surface area contributed by atoms with E-state index < -0.39 is 0 Å². The Kier molecular flexibility index (Phi) is 1.72. The van der Waals surface area contributed by atoms with E-state index in [1.165, 1.54) is 21.9 Å². The van der Waals surface area contributed by atoms with E-state index >= 15 is 0 Å². The minimum absolute atomic E-state index is 1.02. The maximum Gasteiger partial charge on any atom is 0.0415 e. The summed E-state index contributed by atoms with van der Waals surface area (Å²) in [6, 6.07) is 12.7. The molecule has 16 heavy (non-hydrogen) atoms. The molecule has 0 radical (unpaired) electrons. The van der Waals surface area contributed by atoms with E-state index in [4.69, 9.17) is 0 Å². The van der Waals surface area contributed by atoms with Crippen molar-refractivity contribution < 1.29 is 0 Å². The summed E-state index contributed by atoms with van der Waals surface area (Å²) >= 11 is 0. The molecule has 0 amide bonds. The lowest BCUT2D eigenvalue weighted by Gasteiger charge is -2.31. The quantitative estimate of drug-likeness (QED) is 0.636. The third-order valence-electron chi connectivity index (χ3n) is 3.34. The zero-order valence-corrected chi connectivity index (χ0v) is 9.33. The third kappa shape index (κ3) is 1.00. The zero-order valence-electron chi connectivity index (χ0n) is 9.33. The van der Waals surface area contributed by atoms with E-state index in [0.717, 1.165) is 11.4 Å². The van der Waals surface area contributed by atoms with Crippen molar-refractivity contribution in [3.63, 3.8) is 0 Å². The van der Waals surface area contributed by atoms with Gasteiger partial charge in [-0.1, -0.05) is 49.6 Å². The van der Waals surface area contributed by atoms with Crippen LogP contribution in [0.2, 0.25) is 0 Å². The van der Waals surface area contributed by atoms with Gasteiger partial charge < -0.3 is 4.90 Å². The molecule has 0 fully saturated rings. The molecule has 0 N–H and O–H groups in total. The average molecular weight is 207 g/mol. The molecule has 2 aromatic rings. The molecule has 1 heterocycles. The van der Waals surface area contributed by atoms with Gasteiger partial charge in [0, 0.05) is 35.0 Å². The molecule has 0 bridgehead atoms. The minimum atomic E-state index is 1.02. The molecule has 0 saturated carbocycles. The van der Waals surface area contributed by atoms with E-state index in [1.54, 1.807) is 0 Å². The van der Waals surface area contributed by atoms with Crippen LogP contribution in [0, 0.1) is 0 Å². The summed E-state index contributed by atoms with van der Waals surface area (Å²) in [6.07, 6.45) is 0. The third-order valence-corrected chi connectivity index (χ3v) is 3.34. The van der Waals surface area contributed by atoms with Gasteiger partial charge in [-0.2, -0.15) is 0 Å². The van der Waals surface area contributed by atoms with Crippen LogP contribution in [0.15, 0.2) is 49.6 Å². The second-order valence-electron chi connectivity index (χ2n) is 4.16. The number of benzene rings is 2. The smallest absolute Gasteiger partial charge is 0.0415 e. The van der Waals surface area contributed by atoms with Gasteiger partial charge in [0.2, 0.25) is 0 Å². The summed E-state index contributed by atoms with van der Waals surface area (Å²) in [7, 11) is 2.01. The van der Waals surface area contributed by atoms with Gasteiger partial charge in [-0.25, -0.2) is 0 Å². The van der Waals surface area contributed by atoms with Crippen LogP contribution in [-0.4, -0.2) is 11.9 Å². The standard InChI is InChI=1S/C15H13N/c1-10-13-8-4-6-12-7-5-9-14(15(12)13)11(2)16(10)3/h4-9H,1-2H2,3H3. The predicted molar refractivity (Wildman–Crippen MR) is 69.8 cm³/mol. The predicted octanol–water partition coefficient (Wildman–Crippen LogP) is 3.73. The summed E-state index contributed by atoms with van der Waals surface area (Å²) in [5.74, 6) is 0. The Balaban J connectivity index is 2.52. The van der Waals surface area contributed by atoms with Crippen molar-refractivity contribution in [2.75, 3.05) is 7.05 Å². The van der Waals surface area contributed by atoms with Gasteiger partial charge in [0.25, 0.3) is 0 Å². The lowest BCUT2D eigenvalue weighted by Crippen LogP contribution is -2.18. The normalized spacial score (nSPS) is 14.7. The first-order valence-electron chi connectivity index (χ1n) is 5.34. The molecule has 1 nitrogen and oxygen atoms in total. The molecule has 78 valence electrons. The Morgan fingerprint density at radius 1 is 0.875 bits per heavy atom. The Labute approximate surface area is 95.3 Å². The van der Waals surface area contributed by atoms with Crippen molar-refractivity contribution in [1.29, 1.82) is 0 Å². The Hall–Kier alpha value is -2.02. The van der Waals surface area contributed by atoms with Crippen LogP contribution in [0.1, 0.15) is 11.1 Å². The van der Waals surface area contributed by atoms with Crippen molar-refractivity contribution in [1.82, 2.24) is 4.90 Å². The number of hydrogen-bond donors (Lipinski definition) is 0. The Morgan fingerprint density at radius 2 is 1.38 bits per heavy atom. The maximum absolute atomic E-state index is 4.13. The lowest BCUT2D eigenvalue weighted by molar-refractivity contribution is 0.685.